The maximum absolute atomic E-state index is 5.42. The van der Waals surface area contributed by atoms with E-state index in [1.54, 1.807) is 6.20 Å². The molecule has 290 valence electrons. The number of hydrogen-bond donors (Lipinski definition) is 0. The molecule has 0 N–H and O–H groups in total. The fourth-order valence-corrected chi connectivity index (χ4v) is 10.8. The van der Waals surface area contributed by atoms with Crippen molar-refractivity contribution in [3.05, 3.63) is 213 Å². The van der Waals surface area contributed by atoms with E-state index >= 15 is 0 Å². The van der Waals surface area contributed by atoms with E-state index in [9.17, 15) is 0 Å². The van der Waals surface area contributed by atoms with E-state index in [2.05, 4.69) is 199 Å². The molecule has 5 heteroatoms. The number of fused-ring (bicyclic) bond motifs is 6. The minimum Gasteiger partial charge on any atom is -0.264 e. The van der Waals surface area contributed by atoms with Gasteiger partial charge in [-0.1, -0.05) is 127 Å². The van der Waals surface area contributed by atoms with Crippen LogP contribution in [-0.2, 0) is 0 Å². The molecule has 3 nitrogen and oxygen atoms in total. The fourth-order valence-electron chi connectivity index (χ4n) is 8.63. The van der Waals surface area contributed by atoms with Crippen molar-refractivity contribution in [1.82, 2.24) is 15.0 Å². The molecule has 62 heavy (non-hydrogen) atoms. The SMILES string of the molecule is c1ccc(-c2cccc(-c3nc(-c4ccc(-c5cccnc5)cc4)cc(-c4cc(-c5ccc6sc7ccccc7c6c5)cc(-c5ccc6sc7ccccc7c6c5)c4)n3)c2)cc1. The van der Waals surface area contributed by atoms with Gasteiger partial charge in [0.1, 0.15) is 0 Å². The lowest BCUT2D eigenvalue weighted by atomic mass is 9.93. The molecular formula is C57H35N3S2. The largest absolute Gasteiger partial charge is 0.264 e. The molecule has 0 amide bonds. The van der Waals surface area contributed by atoms with E-state index in [-0.39, 0.29) is 0 Å². The summed E-state index contributed by atoms with van der Waals surface area (Å²) >= 11 is 3.69. The van der Waals surface area contributed by atoms with Gasteiger partial charge in [0.15, 0.2) is 5.82 Å². The summed E-state index contributed by atoms with van der Waals surface area (Å²) in [5, 5.41) is 5.14. The molecule has 0 bridgehead atoms. The van der Waals surface area contributed by atoms with Gasteiger partial charge in [-0.05, 0) is 117 Å². The Morgan fingerprint density at radius 3 is 1.39 bits per heavy atom. The van der Waals surface area contributed by atoms with Crippen LogP contribution in [0, 0.1) is 0 Å². The summed E-state index contributed by atoms with van der Waals surface area (Å²) in [6.45, 7) is 0. The maximum atomic E-state index is 5.42. The quantitative estimate of drug-likeness (QED) is 0.161. The van der Waals surface area contributed by atoms with Crippen LogP contribution in [0.15, 0.2) is 213 Å². The normalized spacial score (nSPS) is 11.5. The Morgan fingerprint density at radius 1 is 0.274 bits per heavy atom. The summed E-state index contributed by atoms with van der Waals surface area (Å²) in [4.78, 5) is 15.1. The highest BCUT2D eigenvalue weighted by atomic mass is 32.1. The van der Waals surface area contributed by atoms with Crippen molar-refractivity contribution in [3.63, 3.8) is 0 Å². The van der Waals surface area contributed by atoms with Gasteiger partial charge < -0.3 is 0 Å². The van der Waals surface area contributed by atoms with Crippen molar-refractivity contribution in [2.24, 2.45) is 0 Å². The van der Waals surface area contributed by atoms with E-state index in [0.29, 0.717) is 5.82 Å². The van der Waals surface area contributed by atoms with Gasteiger partial charge in [-0.3, -0.25) is 4.98 Å². The molecule has 0 aliphatic heterocycles. The van der Waals surface area contributed by atoms with E-state index in [1.165, 1.54) is 51.5 Å². The molecule has 12 aromatic rings. The summed E-state index contributed by atoms with van der Waals surface area (Å²) in [6.07, 6.45) is 3.71. The first kappa shape index (κ1) is 36.3. The van der Waals surface area contributed by atoms with Gasteiger partial charge in [0.2, 0.25) is 0 Å². The molecule has 0 aliphatic carbocycles. The minimum absolute atomic E-state index is 0.677. The summed E-state index contributed by atoms with van der Waals surface area (Å²) in [6, 6.07) is 72.1. The van der Waals surface area contributed by atoms with Crippen LogP contribution in [0.25, 0.3) is 119 Å². The third-order valence-corrected chi connectivity index (χ3v) is 14.1. The van der Waals surface area contributed by atoms with E-state index in [4.69, 9.17) is 9.97 Å². The molecule has 0 unspecified atom stereocenters. The number of benzene rings is 8. The Kier molecular flexibility index (Phi) is 8.87. The molecule has 0 aliphatic rings. The molecule has 0 fully saturated rings. The van der Waals surface area contributed by atoms with Crippen LogP contribution in [-0.4, -0.2) is 15.0 Å². The van der Waals surface area contributed by atoms with Crippen LogP contribution >= 0.6 is 22.7 Å². The average molecular weight is 826 g/mol. The highest BCUT2D eigenvalue weighted by molar-refractivity contribution is 7.26. The first-order valence-electron chi connectivity index (χ1n) is 20.7. The Hall–Kier alpha value is -7.57. The van der Waals surface area contributed by atoms with E-state index in [1.807, 2.05) is 34.9 Å². The van der Waals surface area contributed by atoms with E-state index < -0.39 is 0 Å². The number of nitrogens with zero attached hydrogens (tertiary/aromatic N) is 3. The van der Waals surface area contributed by atoms with Crippen molar-refractivity contribution in [2.45, 2.75) is 0 Å². The smallest absolute Gasteiger partial charge is 0.160 e. The summed E-state index contributed by atoms with van der Waals surface area (Å²) in [5.41, 5.74) is 13.8. The predicted molar refractivity (Wildman–Crippen MR) is 264 cm³/mol. The number of rotatable bonds is 7. The molecular weight excluding hydrogens is 791 g/mol. The number of thiophene rings is 2. The number of pyridine rings is 1. The molecule has 0 spiro atoms. The van der Waals surface area contributed by atoms with Crippen molar-refractivity contribution in [2.75, 3.05) is 0 Å². The first-order valence-corrected chi connectivity index (χ1v) is 22.3. The van der Waals surface area contributed by atoms with Crippen LogP contribution in [0.4, 0.5) is 0 Å². The van der Waals surface area contributed by atoms with Gasteiger partial charge in [-0.2, -0.15) is 0 Å². The third-order valence-electron chi connectivity index (χ3n) is 11.8. The monoisotopic (exact) mass is 825 g/mol. The Morgan fingerprint density at radius 2 is 0.742 bits per heavy atom. The minimum atomic E-state index is 0.677. The molecule has 12 rings (SSSR count). The van der Waals surface area contributed by atoms with Crippen LogP contribution in [0.3, 0.4) is 0 Å². The summed E-state index contributed by atoms with van der Waals surface area (Å²) < 4.78 is 5.18. The van der Waals surface area contributed by atoms with E-state index in [0.717, 1.165) is 61.5 Å². The standard InChI is InChI=1S/C57H35N3S2/c1-2-10-36(11-3-1)39-12-8-13-42(28-39)57-59-51(38-21-19-37(20-22-38)43-14-9-27-58-35-43)34-52(60-57)46-30-44(40-23-25-55-49(32-40)47-15-4-6-17-53(47)61-55)29-45(31-46)41-24-26-56-50(33-41)48-16-5-7-18-54(48)62-56/h1-35H. The van der Waals surface area contributed by atoms with Crippen molar-refractivity contribution >= 4 is 63.0 Å². The van der Waals surface area contributed by atoms with Gasteiger partial charge in [-0.25, -0.2) is 9.97 Å². The third kappa shape index (κ3) is 6.65. The number of aromatic nitrogens is 3. The molecule has 0 saturated heterocycles. The lowest BCUT2D eigenvalue weighted by Gasteiger charge is -2.14. The average Bonchev–Trinajstić information content (AvgIpc) is 3.92. The lowest BCUT2D eigenvalue weighted by Crippen LogP contribution is -1.97. The molecule has 8 aromatic carbocycles. The zero-order valence-corrected chi connectivity index (χ0v) is 35.0. The van der Waals surface area contributed by atoms with Crippen molar-refractivity contribution in [3.8, 4) is 78.4 Å². The first-order chi connectivity index (χ1) is 30.7. The van der Waals surface area contributed by atoms with Gasteiger partial charge in [0.05, 0.1) is 11.4 Å². The predicted octanol–water partition coefficient (Wildman–Crippen LogP) is 16.3. The summed E-state index contributed by atoms with van der Waals surface area (Å²) in [7, 11) is 0. The van der Waals surface area contributed by atoms with Crippen LogP contribution in [0.1, 0.15) is 0 Å². The van der Waals surface area contributed by atoms with Gasteiger partial charge in [0.25, 0.3) is 0 Å². The second kappa shape index (κ2) is 15.2. The fraction of sp³-hybridized carbons (Fsp3) is 0. The summed E-state index contributed by atoms with van der Waals surface area (Å²) in [5.74, 6) is 0.677. The zero-order chi connectivity index (χ0) is 41.0. The molecule has 0 saturated carbocycles. The van der Waals surface area contributed by atoms with Crippen LogP contribution in [0.5, 0.6) is 0 Å². The highest BCUT2D eigenvalue weighted by Gasteiger charge is 2.16. The Labute approximate surface area is 366 Å². The second-order valence-electron chi connectivity index (χ2n) is 15.6. The van der Waals surface area contributed by atoms with Crippen molar-refractivity contribution < 1.29 is 0 Å². The van der Waals surface area contributed by atoms with Gasteiger partial charge >= 0.3 is 0 Å². The second-order valence-corrected chi connectivity index (χ2v) is 17.8. The van der Waals surface area contributed by atoms with Gasteiger partial charge in [0, 0.05) is 69.4 Å². The molecule has 0 atom stereocenters. The van der Waals surface area contributed by atoms with Crippen LogP contribution < -0.4 is 0 Å². The molecule has 0 radical (unpaired) electrons. The lowest BCUT2D eigenvalue weighted by molar-refractivity contribution is 1.18. The number of hydrogen-bond acceptors (Lipinski definition) is 5. The molecule has 4 aromatic heterocycles. The topological polar surface area (TPSA) is 38.7 Å². The van der Waals surface area contributed by atoms with Crippen LogP contribution in [0.2, 0.25) is 0 Å². The maximum Gasteiger partial charge on any atom is 0.160 e. The molecule has 4 heterocycles. The van der Waals surface area contributed by atoms with Gasteiger partial charge in [-0.15, -0.1) is 22.7 Å². The highest BCUT2D eigenvalue weighted by Crippen LogP contribution is 2.41. The Balaban J connectivity index is 1.07. The Bertz CT molecular complexity index is 3490. The zero-order valence-electron chi connectivity index (χ0n) is 33.4. The van der Waals surface area contributed by atoms with Crippen molar-refractivity contribution in [1.29, 1.82) is 0 Å².